The minimum absolute atomic E-state index is 0.00763. The Hall–Kier alpha value is -2.86. The summed E-state index contributed by atoms with van der Waals surface area (Å²) in [5.41, 5.74) is 0.429. The molecule has 2 N–H and O–H groups in total. The monoisotopic (exact) mass is 640 g/mol. The summed E-state index contributed by atoms with van der Waals surface area (Å²) >= 11 is 0. The topological polar surface area (TPSA) is 124 Å². The summed E-state index contributed by atoms with van der Waals surface area (Å²) in [7, 11) is -2.55. The van der Waals surface area contributed by atoms with Gasteiger partial charge in [0.05, 0.1) is 55.5 Å². The second-order valence-corrected chi connectivity index (χ2v) is 15.5. The number of carbonyl (C=O) groups excluding carboxylic acids is 1. The third kappa shape index (κ3) is 6.28. The normalized spacial score (nSPS) is 32.9. The lowest BCUT2D eigenvalue weighted by Crippen LogP contribution is -2.54. The van der Waals surface area contributed by atoms with Crippen molar-refractivity contribution in [1.82, 2.24) is 5.32 Å². The van der Waals surface area contributed by atoms with Crippen molar-refractivity contribution < 1.29 is 37.3 Å². The quantitative estimate of drug-likeness (QED) is 0.366. The molecule has 0 aromatic heterocycles. The summed E-state index contributed by atoms with van der Waals surface area (Å²) < 4.78 is 51.7. The molecule has 6 fully saturated rings. The second-order valence-electron chi connectivity index (χ2n) is 13.7. The average molecular weight is 641 g/mol. The van der Waals surface area contributed by atoms with Gasteiger partial charge >= 0.3 is 6.09 Å². The number of fused-ring (bicyclic) bond motifs is 1. The molecule has 4 saturated carbocycles. The lowest BCUT2D eigenvalue weighted by atomic mass is 9.51. The van der Waals surface area contributed by atoms with Gasteiger partial charge in [0.1, 0.15) is 11.9 Å². The van der Waals surface area contributed by atoms with Gasteiger partial charge in [0.15, 0.2) is 6.29 Å². The SMILES string of the molecule is COc1ccc(S(=O)(=O)N(C[C@@H](O)[C@H](CC2C3CC4CC(C3)CC2C4)NC(=O)O[C@H]2CO[C@H]3OCC[C@H]32)c2ccccc2)cc1. The summed E-state index contributed by atoms with van der Waals surface area (Å²) in [4.78, 5) is 13.5. The Morgan fingerprint density at radius 2 is 1.69 bits per heavy atom. The Morgan fingerprint density at radius 1 is 1.00 bits per heavy atom. The zero-order valence-corrected chi connectivity index (χ0v) is 26.5. The lowest BCUT2D eigenvalue weighted by molar-refractivity contribution is -0.0907. The third-order valence-corrected chi connectivity index (χ3v) is 12.8. The van der Waals surface area contributed by atoms with Gasteiger partial charge in [-0.2, -0.15) is 0 Å². The molecule has 2 saturated heterocycles. The highest BCUT2D eigenvalue weighted by atomic mass is 32.2. The summed E-state index contributed by atoms with van der Waals surface area (Å²) in [6.45, 7) is 0.609. The van der Waals surface area contributed by atoms with Crippen molar-refractivity contribution in [3.05, 3.63) is 54.6 Å². The van der Waals surface area contributed by atoms with Crippen molar-refractivity contribution >= 4 is 21.8 Å². The number of hydrogen-bond donors (Lipinski definition) is 2. The van der Waals surface area contributed by atoms with E-state index in [0.29, 0.717) is 42.2 Å². The molecular formula is C34H44N2O8S. The zero-order valence-electron chi connectivity index (χ0n) is 25.7. The molecular weight excluding hydrogens is 596 g/mol. The number of hydrogen-bond acceptors (Lipinski definition) is 8. The first-order valence-corrected chi connectivity index (χ1v) is 17.8. The molecule has 2 aromatic rings. The number of alkyl carbamates (subject to hydrolysis) is 1. The molecule has 6 aliphatic rings. The Morgan fingerprint density at radius 3 is 2.36 bits per heavy atom. The van der Waals surface area contributed by atoms with E-state index in [-0.39, 0.29) is 30.3 Å². The predicted molar refractivity (Wildman–Crippen MR) is 166 cm³/mol. The fourth-order valence-electron chi connectivity index (χ4n) is 9.01. The van der Waals surface area contributed by atoms with Crippen molar-refractivity contribution in [1.29, 1.82) is 0 Å². The highest BCUT2D eigenvalue weighted by Crippen LogP contribution is 2.57. The molecule has 45 heavy (non-hydrogen) atoms. The van der Waals surface area contributed by atoms with E-state index in [9.17, 15) is 18.3 Å². The number of rotatable bonds is 11. The fourth-order valence-corrected chi connectivity index (χ4v) is 10.5. The summed E-state index contributed by atoms with van der Waals surface area (Å²) in [6.07, 6.45) is 4.91. The molecule has 5 atom stereocenters. The number of ether oxygens (including phenoxy) is 4. The molecule has 244 valence electrons. The number of carbonyl (C=O) groups is 1. The number of aliphatic hydroxyl groups is 1. The molecule has 0 unspecified atom stereocenters. The van der Waals surface area contributed by atoms with E-state index in [1.54, 1.807) is 36.4 Å². The fraction of sp³-hybridized carbons (Fsp3) is 0.618. The Balaban J connectivity index is 1.14. The Bertz CT molecular complexity index is 1410. The number of para-hydroxylation sites is 1. The lowest BCUT2D eigenvalue weighted by Gasteiger charge is -2.55. The maximum atomic E-state index is 14.1. The highest BCUT2D eigenvalue weighted by molar-refractivity contribution is 7.92. The van der Waals surface area contributed by atoms with Crippen molar-refractivity contribution in [2.24, 2.45) is 35.5 Å². The first kappa shape index (κ1) is 30.8. The molecule has 8 rings (SSSR count). The first-order chi connectivity index (χ1) is 21.8. The van der Waals surface area contributed by atoms with Crippen LogP contribution in [-0.4, -0.2) is 71.0 Å². The van der Waals surface area contributed by atoms with Gasteiger partial charge in [-0.3, -0.25) is 4.31 Å². The molecule has 1 amide bonds. The van der Waals surface area contributed by atoms with Gasteiger partial charge in [-0.05, 0) is 111 Å². The molecule has 10 nitrogen and oxygen atoms in total. The van der Waals surface area contributed by atoms with E-state index in [2.05, 4.69) is 5.32 Å². The van der Waals surface area contributed by atoms with E-state index < -0.39 is 34.4 Å². The van der Waals surface area contributed by atoms with Crippen LogP contribution in [0.1, 0.15) is 44.9 Å². The number of aliphatic hydroxyl groups excluding tert-OH is 1. The van der Waals surface area contributed by atoms with Crippen molar-refractivity contribution in [2.75, 3.05) is 31.2 Å². The van der Waals surface area contributed by atoms with Crippen LogP contribution in [0, 0.1) is 35.5 Å². The van der Waals surface area contributed by atoms with Crippen LogP contribution < -0.4 is 14.4 Å². The molecule has 2 heterocycles. The van der Waals surface area contributed by atoms with Crippen molar-refractivity contribution in [2.45, 2.75) is 74.4 Å². The molecule has 2 aliphatic heterocycles. The number of anilines is 1. The van der Waals surface area contributed by atoms with Crippen LogP contribution in [0.25, 0.3) is 0 Å². The summed E-state index contributed by atoms with van der Waals surface area (Å²) in [5.74, 6) is 3.62. The number of nitrogens with one attached hydrogen (secondary N) is 1. The zero-order chi connectivity index (χ0) is 31.1. The van der Waals surface area contributed by atoms with Gasteiger partial charge in [0.25, 0.3) is 10.0 Å². The van der Waals surface area contributed by atoms with Crippen LogP contribution in [0.15, 0.2) is 59.5 Å². The van der Waals surface area contributed by atoms with E-state index in [0.717, 1.165) is 18.3 Å². The minimum Gasteiger partial charge on any atom is -0.497 e. The Kier molecular flexibility index (Phi) is 8.71. The maximum absolute atomic E-state index is 14.1. The summed E-state index contributed by atoms with van der Waals surface area (Å²) in [5, 5.41) is 14.9. The van der Waals surface area contributed by atoms with Crippen molar-refractivity contribution in [3.8, 4) is 5.75 Å². The minimum atomic E-state index is -4.07. The maximum Gasteiger partial charge on any atom is 0.407 e. The number of benzene rings is 2. The molecule has 4 bridgehead atoms. The predicted octanol–water partition coefficient (Wildman–Crippen LogP) is 4.57. The van der Waals surface area contributed by atoms with Gasteiger partial charge < -0.3 is 29.4 Å². The number of methoxy groups -OCH3 is 1. The van der Waals surface area contributed by atoms with Gasteiger partial charge in [0, 0.05) is 0 Å². The average Bonchev–Trinajstić information content (AvgIpc) is 3.66. The van der Waals surface area contributed by atoms with Gasteiger partial charge in [-0.15, -0.1) is 0 Å². The molecule has 4 aliphatic carbocycles. The van der Waals surface area contributed by atoms with E-state index in [1.807, 2.05) is 6.07 Å². The number of amides is 1. The number of sulfonamides is 1. The van der Waals surface area contributed by atoms with Crippen LogP contribution in [-0.2, 0) is 24.2 Å². The molecule has 0 radical (unpaired) electrons. The highest BCUT2D eigenvalue weighted by Gasteiger charge is 2.49. The standard InChI is InChI=1S/C34H44N2O8S/c1-41-26-7-9-27(10-8-26)45(39,40)36(25-5-3-2-4-6-25)19-31(37)30(18-29-23-14-21-13-22(16-23)17-24(29)15-21)35-34(38)44-32-20-43-33-28(32)11-12-42-33/h2-10,21-24,28-33,37H,11-20H2,1H3,(H,35,38)/t21?,22?,23?,24?,28-,29?,30-,31+,32-,33+/m0/s1. The van der Waals surface area contributed by atoms with E-state index in [4.69, 9.17) is 18.9 Å². The smallest absolute Gasteiger partial charge is 0.407 e. The Labute approximate surface area is 265 Å². The van der Waals surface area contributed by atoms with Crippen LogP contribution in [0.4, 0.5) is 10.5 Å². The largest absolute Gasteiger partial charge is 0.497 e. The van der Waals surface area contributed by atoms with Crippen LogP contribution in [0.5, 0.6) is 5.75 Å². The van der Waals surface area contributed by atoms with Crippen molar-refractivity contribution in [3.63, 3.8) is 0 Å². The van der Waals surface area contributed by atoms with Gasteiger partial charge in [-0.25, -0.2) is 13.2 Å². The van der Waals surface area contributed by atoms with E-state index in [1.165, 1.54) is 55.7 Å². The second kappa shape index (κ2) is 12.7. The molecule has 2 aromatic carbocycles. The summed E-state index contributed by atoms with van der Waals surface area (Å²) in [6, 6.07) is 14.3. The van der Waals surface area contributed by atoms with Gasteiger partial charge in [0.2, 0.25) is 0 Å². The molecule has 11 heteroatoms. The van der Waals surface area contributed by atoms with E-state index >= 15 is 0 Å². The van der Waals surface area contributed by atoms with Crippen LogP contribution in [0.2, 0.25) is 0 Å². The molecule has 0 spiro atoms. The van der Waals surface area contributed by atoms with Crippen LogP contribution in [0.3, 0.4) is 0 Å². The van der Waals surface area contributed by atoms with Gasteiger partial charge in [-0.1, -0.05) is 18.2 Å². The number of nitrogens with zero attached hydrogens (tertiary/aromatic N) is 1. The first-order valence-electron chi connectivity index (χ1n) is 16.4. The van der Waals surface area contributed by atoms with Crippen LogP contribution >= 0.6 is 0 Å². The third-order valence-electron chi connectivity index (χ3n) is 11.0.